The van der Waals surface area contributed by atoms with Gasteiger partial charge in [-0.3, -0.25) is 9.52 Å². The first kappa shape index (κ1) is 15.0. The number of ketones is 1. The molecular formula is C12H16N2O4S. The Hall–Kier alpha value is -2.02. The molecular weight excluding hydrogens is 268 g/mol. The van der Waals surface area contributed by atoms with Crippen LogP contribution in [0.15, 0.2) is 30.5 Å². The summed E-state index contributed by atoms with van der Waals surface area (Å²) < 4.78 is 24.3. The number of phenolic OH excluding ortho intramolecular Hbond substituents is 1. The lowest BCUT2D eigenvalue weighted by Gasteiger charge is -2.07. The Bertz CT molecular complexity index is 606. The van der Waals surface area contributed by atoms with Gasteiger partial charge in [0, 0.05) is 32.4 Å². The van der Waals surface area contributed by atoms with Gasteiger partial charge in [0.2, 0.25) is 10.0 Å². The lowest BCUT2D eigenvalue weighted by Crippen LogP contribution is -2.09. The number of carbonyl (C=O) groups is 1. The standard InChI is InChI=1S/C12H16N2O4S/c1-14(2)7-6-11(15)10-5-4-9(8-12(10)16)13-19(3,17)18/h4-8,13,16H,1-3H3. The first-order valence-electron chi connectivity index (χ1n) is 5.39. The third-order valence-electron chi connectivity index (χ3n) is 2.09. The summed E-state index contributed by atoms with van der Waals surface area (Å²) in [5.74, 6) is -0.640. The Morgan fingerprint density at radius 2 is 2.00 bits per heavy atom. The van der Waals surface area contributed by atoms with Crippen LogP contribution >= 0.6 is 0 Å². The van der Waals surface area contributed by atoms with E-state index in [-0.39, 0.29) is 22.8 Å². The van der Waals surface area contributed by atoms with Crippen LogP contribution in [-0.4, -0.2) is 44.6 Å². The first-order valence-corrected chi connectivity index (χ1v) is 7.28. The van der Waals surface area contributed by atoms with E-state index in [9.17, 15) is 18.3 Å². The van der Waals surface area contributed by atoms with Gasteiger partial charge >= 0.3 is 0 Å². The topological polar surface area (TPSA) is 86.7 Å². The Morgan fingerprint density at radius 3 is 2.47 bits per heavy atom. The molecule has 1 aromatic rings. The fourth-order valence-electron chi connectivity index (χ4n) is 1.32. The summed E-state index contributed by atoms with van der Waals surface area (Å²) in [5.41, 5.74) is 0.310. The fourth-order valence-corrected chi connectivity index (χ4v) is 1.88. The van der Waals surface area contributed by atoms with E-state index in [0.29, 0.717) is 0 Å². The van der Waals surface area contributed by atoms with Gasteiger partial charge in [-0.2, -0.15) is 0 Å². The summed E-state index contributed by atoms with van der Waals surface area (Å²) in [7, 11) is 0.118. The van der Waals surface area contributed by atoms with Gasteiger partial charge in [-0.05, 0) is 12.1 Å². The Kier molecular flexibility index (Phi) is 4.55. The number of rotatable bonds is 5. The number of carbonyl (C=O) groups excluding carboxylic acids is 1. The van der Waals surface area contributed by atoms with Crippen molar-refractivity contribution in [1.82, 2.24) is 4.90 Å². The number of aromatic hydroxyl groups is 1. The maximum absolute atomic E-state index is 11.8. The summed E-state index contributed by atoms with van der Waals surface area (Å²) in [6.07, 6.45) is 3.88. The molecule has 0 heterocycles. The lowest BCUT2D eigenvalue weighted by molar-refractivity contribution is 0.104. The number of sulfonamides is 1. The number of phenols is 1. The van der Waals surface area contributed by atoms with Crippen LogP contribution in [0.25, 0.3) is 0 Å². The molecule has 0 saturated heterocycles. The fraction of sp³-hybridized carbons (Fsp3) is 0.250. The van der Waals surface area contributed by atoms with Gasteiger partial charge in [0.15, 0.2) is 5.78 Å². The van der Waals surface area contributed by atoms with Crippen LogP contribution in [-0.2, 0) is 10.0 Å². The molecule has 0 aliphatic carbocycles. The minimum atomic E-state index is -3.42. The largest absolute Gasteiger partial charge is 0.507 e. The number of hydrogen-bond acceptors (Lipinski definition) is 5. The number of anilines is 1. The second-order valence-corrected chi connectivity index (χ2v) is 6.00. The van der Waals surface area contributed by atoms with Crippen molar-refractivity contribution in [2.75, 3.05) is 25.1 Å². The third-order valence-corrected chi connectivity index (χ3v) is 2.70. The quantitative estimate of drug-likeness (QED) is 0.623. The van der Waals surface area contributed by atoms with E-state index in [1.807, 2.05) is 0 Å². The van der Waals surface area contributed by atoms with Gasteiger partial charge < -0.3 is 10.0 Å². The van der Waals surface area contributed by atoms with Crippen LogP contribution in [0.4, 0.5) is 5.69 Å². The molecule has 0 spiro atoms. The highest BCUT2D eigenvalue weighted by atomic mass is 32.2. The second kappa shape index (κ2) is 5.75. The second-order valence-electron chi connectivity index (χ2n) is 4.25. The molecule has 0 saturated carbocycles. The SMILES string of the molecule is CN(C)C=CC(=O)c1ccc(NS(C)(=O)=O)cc1O. The van der Waals surface area contributed by atoms with Gasteiger partial charge in [-0.1, -0.05) is 0 Å². The highest BCUT2D eigenvalue weighted by Crippen LogP contribution is 2.23. The summed E-state index contributed by atoms with van der Waals surface area (Å²) >= 11 is 0. The van der Waals surface area contributed by atoms with E-state index in [0.717, 1.165) is 6.26 Å². The summed E-state index contributed by atoms with van der Waals surface area (Å²) in [6, 6.07) is 3.97. The van der Waals surface area contributed by atoms with Crippen molar-refractivity contribution in [3.05, 3.63) is 36.0 Å². The number of allylic oxidation sites excluding steroid dienone is 1. The van der Waals surface area contributed by atoms with E-state index < -0.39 is 10.0 Å². The van der Waals surface area contributed by atoms with Crippen LogP contribution < -0.4 is 4.72 Å². The highest BCUT2D eigenvalue weighted by molar-refractivity contribution is 7.92. The molecule has 0 radical (unpaired) electrons. The molecule has 0 aliphatic rings. The predicted molar refractivity (Wildman–Crippen MR) is 73.7 cm³/mol. The van der Waals surface area contributed by atoms with Crippen molar-refractivity contribution in [2.45, 2.75) is 0 Å². The first-order chi connectivity index (χ1) is 8.69. The Balaban J connectivity index is 2.98. The van der Waals surface area contributed by atoms with Gasteiger partial charge in [0.25, 0.3) is 0 Å². The zero-order chi connectivity index (χ0) is 14.6. The number of hydrogen-bond donors (Lipinski definition) is 2. The minimum Gasteiger partial charge on any atom is -0.507 e. The molecule has 104 valence electrons. The molecule has 7 heteroatoms. The molecule has 6 nitrogen and oxygen atoms in total. The normalized spacial score (nSPS) is 11.5. The predicted octanol–water partition coefficient (Wildman–Crippen LogP) is 1.02. The maximum Gasteiger partial charge on any atom is 0.229 e. The lowest BCUT2D eigenvalue weighted by atomic mass is 10.1. The summed E-state index contributed by atoms with van der Waals surface area (Å²) in [4.78, 5) is 13.4. The van der Waals surface area contributed by atoms with Crippen LogP contribution in [0.5, 0.6) is 5.75 Å². The van der Waals surface area contributed by atoms with Crippen LogP contribution in [0.1, 0.15) is 10.4 Å². The van der Waals surface area contributed by atoms with Gasteiger partial charge in [0.05, 0.1) is 17.5 Å². The highest BCUT2D eigenvalue weighted by Gasteiger charge is 2.10. The monoisotopic (exact) mass is 284 g/mol. The van der Waals surface area contributed by atoms with Crippen molar-refractivity contribution >= 4 is 21.5 Å². The van der Waals surface area contributed by atoms with Crippen molar-refractivity contribution in [1.29, 1.82) is 0 Å². The third kappa shape index (κ3) is 5.01. The van der Waals surface area contributed by atoms with Crippen molar-refractivity contribution in [2.24, 2.45) is 0 Å². The minimum absolute atomic E-state index is 0.108. The number of benzene rings is 1. The zero-order valence-electron chi connectivity index (χ0n) is 10.9. The molecule has 0 unspecified atom stereocenters. The molecule has 0 atom stereocenters. The molecule has 0 amide bonds. The van der Waals surface area contributed by atoms with E-state index in [1.54, 1.807) is 25.2 Å². The summed E-state index contributed by atoms with van der Waals surface area (Å²) in [6.45, 7) is 0. The maximum atomic E-state index is 11.8. The average Bonchev–Trinajstić information content (AvgIpc) is 2.23. The molecule has 1 aromatic carbocycles. The van der Waals surface area contributed by atoms with E-state index in [1.165, 1.54) is 24.3 Å². The zero-order valence-corrected chi connectivity index (χ0v) is 11.7. The molecule has 1 rings (SSSR count). The van der Waals surface area contributed by atoms with E-state index in [2.05, 4.69) is 4.72 Å². The molecule has 19 heavy (non-hydrogen) atoms. The van der Waals surface area contributed by atoms with Crippen LogP contribution in [0.2, 0.25) is 0 Å². The van der Waals surface area contributed by atoms with Gasteiger partial charge in [-0.25, -0.2) is 8.42 Å². The molecule has 0 aliphatic heterocycles. The molecule has 0 bridgehead atoms. The van der Waals surface area contributed by atoms with Crippen LogP contribution in [0.3, 0.4) is 0 Å². The van der Waals surface area contributed by atoms with E-state index in [4.69, 9.17) is 0 Å². The van der Waals surface area contributed by atoms with E-state index >= 15 is 0 Å². The molecule has 0 aromatic heterocycles. The Labute approximate surface area is 112 Å². The van der Waals surface area contributed by atoms with Crippen LogP contribution in [0, 0.1) is 0 Å². The van der Waals surface area contributed by atoms with Gasteiger partial charge in [0.1, 0.15) is 5.75 Å². The number of nitrogens with zero attached hydrogens (tertiary/aromatic N) is 1. The Morgan fingerprint density at radius 1 is 1.37 bits per heavy atom. The van der Waals surface area contributed by atoms with Crippen molar-refractivity contribution in [3.8, 4) is 5.75 Å². The van der Waals surface area contributed by atoms with Gasteiger partial charge in [-0.15, -0.1) is 0 Å². The smallest absolute Gasteiger partial charge is 0.229 e. The van der Waals surface area contributed by atoms with Crippen molar-refractivity contribution in [3.63, 3.8) is 0 Å². The summed E-state index contributed by atoms with van der Waals surface area (Å²) in [5, 5.41) is 9.72. The average molecular weight is 284 g/mol. The molecule has 2 N–H and O–H groups in total. The molecule has 0 fully saturated rings. The number of nitrogens with one attached hydrogen (secondary N) is 1. The van der Waals surface area contributed by atoms with Crippen molar-refractivity contribution < 1.29 is 18.3 Å².